The highest BCUT2D eigenvalue weighted by atomic mass is 19.4. The maximum atomic E-state index is 13.3. The van der Waals surface area contributed by atoms with Crippen LogP contribution in [0.4, 0.5) is 13.2 Å². The van der Waals surface area contributed by atoms with Gasteiger partial charge in [0.15, 0.2) is 0 Å². The van der Waals surface area contributed by atoms with Gasteiger partial charge in [0, 0.05) is 18.7 Å². The van der Waals surface area contributed by atoms with Crippen LogP contribution in [0.1, 0.15) is 29.8 Å². The quantitative estimate of drug-likeness (QED) is 0.522. The topological polar surface area (TPSA) is 65.3 Å². The van der Waals surface area contributed by atoms with Crippen LogP contribution >= 0.6 is 0 Å². The van der Waals surface area contributed by atoms with E-state index >= 15 is 0 Å². The Morgan fingerprint density at radius 2 is 1.97 bits per heavy atom. The maximum absolute atomic E-state index is 13.3. The fourth-order valence-electron chi connectivity index (χ4n) is 4.89. The van der Waals surface area contributed by atoms with Crippen molar-refractivity contribution in [1.82, 2.24) is 25.1 Å². The summed E-state index contributed by atoms with van der Waals surface area (Å²) < 4.78 is 52.5. The second kappa shape index (κ2) is 9.43. The Morgan fingerprint density at radius 3 is 2.74 bits per heavy atom. The van der Waals surface area contributed by atoms with Crippen LogP contribution in [0.5, 0.6) is 5.75 Å². The van der Waals surface area contributed by atoms with Gasteiger partial charge < -0.3 is 9.47 Å². The average Bonchev–Trinajstić information content (AvgIpc) is 3.51. The Kier molecular flexibility index (Phi) is 6.33. The summed E-state index contributed by atoms with van der Waals surface area (Å²) in [7, 11) is 1.54. The van der Waals surface area contributed by atoms with Gasteiger partial charge in [0.1, 0.15) is 11.4 Å². The molecule has 0 N–H and O–H groups in total. The molecule has 2 aliphatic heterocycles. The van der Waals surface area contributed by atoms with Crippen LogP contribution in [0, 0.1) is 0 Å². The summed E-state index contributed by atoms with van der Waals surface area (Å²) in [5.74, 6) is -0.623. The lowest BCUT2D eigenvalue weighted by molar-refractivity contribution is -0.146. The SMILES string of the molecule is COc1ccc(-n2nnnc2C(F)(F)F)cc1C1=CC2(CCCN(CCc3ccccc3)C2)OC1. The second-order valence-corrected chi connectivity index (χ2v) is 8.93. The number of piperidine rings is 1. The zero-order valence-corrected chi connectivity index (χ0v) is 19.3. The van der Waals surface area contributed by atoms with Crippen LogP contribution < -0.4 is 4.74 Å². The zero-order valence-electron chi connectivity index (χ0n) is 19.3. The van der Waals surface area contributed by atoms with Crippen molar-refractivity contribution in [2.75, 3.05) is 33.4 Å². The molecule has 0 bridgehead atoms. The normalized spacial score (nSPS) is 20.9. The minimum atomic E-state index is -4.67. The minimum Gasteiger partial charge on any atom is -0.496 e. The Morgan fingerprint density at radius 1 is 1.14 bits per heavy atom. The van der Waals surface area contributed by atoms with E-state index in [1.807, 2.05) is 6.07 Å². The van der Waals surface area contributed by atoms with Crippen molar-refractivity contribution in [3.8, 4) is 11.4 Å². The first-order valence-corrected chi connectivity index (χ1v) is 11.5. The van der Waals surface area contributed by atoms with Crippen molar-refractivity contribution in [2.24, 2.45) is 0 Å². The molecule has 0 saturated carbocycles. The van der Waals surface area contributed by atoms with Gasteiger partial charge in [-0.3, -0.25) is 4.90 Å². The number of tetrazole rings is 1. The van der Waals surface area contributed by atoms with Gasteiger partial charge in [-0.2, -0.15) is 17.9 Å². The van der Waals surface area contributed by atoms with Gasteiger partial charge in [-0.15, -0.1) is 5.10 Å². The average molecular weight is 486 g/mol. The molecule has 0 amide bonds. The summed E-state index contributed by atoms with van der Waals surface area (Å²) in [6, 6.07) is 15.2. The summed E-state index contributed by atoms with van der Waals surface area (Å²) in [6.45, 7) is 3.08. The van der Waals surface area contributed by atoms with Crippen molar-refractivity contribution in [3.63, 3.8) is 0 Å². The number of hydrogen-bond donors (Lipinski definition) is 0. The number of rotatable bonds is 6. The number of methoxy groups -OCH3 is 1. The number of ether oxygens (including phenoxy) is 2. The first kappa shape index (κ1) is 23.5. The molecule has 1 fully saturated rings. The number of halogens is 3. The molecular formula is C25H26F3N5O2. The first-order chi connectivity index (χ1) is 16.9. The largest absolute Gasteiger partial charge is 0.496 e. The van der Waals surface area contributed by atoms with E-state index in [1.54, 1.807) is 12.1 Å². The van der Waals surface area contributed by atoms with E-state index in [2.05, 4.69) is 50.8 Å². The van der Waals surface area contributed by atoms with Gasteiger partial charge >= 0.3 is 6.18 Å². The minimum absolute atomic E-state index is 0.202. The molecule has 10 heteroatoms. The summed E-state index contributed by atoms with van der Waals surface area (Å²) in [5, 5.41) is 9.92. The molecule has 2 aliphatic rings. The van der Waals surface area contributed by atoms with Crippen molar-refractivity contribution in [3.05, 3.63) is 71.6 Å². The highest BCUT2D eigenvalue weighted by molar-refractivity contribution is 5.75. The molecule has 3 heterocycles. The van der Waals surface area contributed by atoms with Gasteiger partial charge in [-0.25, -0.2) is 0 Å². The highest BCUT2D eigenvalue weighted by Gasteiger charge is 2.40. The Labute approximate surface area is 201 Å². The van der Waals surface area contributed by atoms with Crippen LogP contribution in [-0.4, -0.2) is 64.1 Å². The van der Waals surface area contributed by atoms with Gasteiger partial charge in [0.05, 0.1) is 19.4 Å². The third-order valence-corrected chi connectivity index (χ3v) is 6.57. The molecule has 5 rings (SSSR count). The lowest BCUT2D eigenvalue weighted by Crippen LogP contribution is -2.47. The molecule has 1 unspecified atom stereocenters. The van der Waals surface area contributed by atoms with Crippen LogP contribution in [0.15, 0.2) is 54.6 Å². The van der Waals surface area contributed by atoms with Crippen LogP contribution in [0.3, 0.4) is 0 Å². The molecule has 7 nitrogen and oxygen atoms in total. The van der Waals surface area contributed by atoms with E-state index in [-0.39, 0.29) is 5.69 Å². The Bertz CT molecular complexity index is 1210. The fraction of sp³-hybridized carbons (Fsp3) is 0.400. The highest BCUT2D eigenvalue weighted by Crippen LogP contribution is 2.40. The van der Waals surface area contributed by atoms with Crippen LogP contribution in [0.2, 0.25) is 0 Å². The monoisotopic (exact) mass is 485 g/mol. The lowest BCUT2D eigenvalue weighted by atomic mass is 9.90. The fourth-order valence-corrected chi connectivity index (χ4v) is 4.89. The van der Waals surface area contributed by atoms with Crippen LogP contribution in [-0.2, 0) is 17.3 Å². The van der Waals surface area contributed by atoms with Gasteiger partial charge in [-0.05, 0) is 71.6 Å². The van der Waals surface area contributed by atoms with Crippen molar-refractivity contribution < 1.29 is 22.6 Å². The van der Waals surface area contributed by atoms with Crippen molar-refractivity contribution in [1.29, 1.82) is 0 Å². The van der Waals surface area contributed by atoms with E-state index in [9.17, 15) is 13.2 Å². The Hall–Kier alpha value is -3.24. The number of benzene rings is 2. The van der Waals surface area contributed by atoms with Crippen molar-refractivity contribution in [2.45, 2.75) is 31.0 Å². The molecule has 1 saturated heterocycles. The maximum Gasteiger partial charge on any atom is 0.453 e. The number of nitrogens with zero attached hydrogens (tertiary/aromatic N) is 5. The van der Waals surface area contributed by atoms with E-state index in [1.165, 1.54) is 18.7 Å². The van der Waals surface area contributed by atoms with Crippen molar-refractivity contribution >= 4 is 5.57 Å². The van der Waals surface area contributed by atoms with Gasteiger partial charge in [0.2, 0.25) is 0 Å². The number of aromatic nitrogens is 4. The summed E-state index contributed by atoms with van der Waals surface area (Å²) >= 11 is 0. The predicted molar refractivity (Wildman–Crippen MR) is 123 cm³/mol. The number of alkyl halides is 3. The van der Waals surface area contributed by atoms with Gasteiger partial charge in [-0.1, -0.05) is 30.3 Å². The molecule has 2 aromatic carbocycles. The molecule has 1 aromatic heterocycles. The third-order valence-electron chi connectivity index (χ3n) is 6.57. The Balaban J connectivity index is 1.39. The predicted octanol–water partition coefficient (Wildman–Crippen LogP) is 4.18. The molecular weight excluding hydrogens is 459 g/mol. The smallest absolute Gasteiger partial charge is 0.453 e. The molecule has 1 spiro atoms. The molecule has 35 heavy (non-hydrogen) atoms. The summed E-state index contributed by atoms with van der Waals surface area (Å²) in [6.07, 6.45) is 0.319. The summed E-state index contributed by atoms with van der Waals surface area (Å²) in [5.41, 5.74) is 2.64. The first-order valence-electron chi connectivity index (χ1n) is 11.5. The molecule has 0 radical (unpaired) electrons. The van der Waals surface area contributed by atoms with E-state index in [4.69, 9.17) is 9.47 Å². The van der Waals surface area contributed by atoms with Crippen LogP contribution in [0.25, 0.3) is 11.3 Å². The standard InChI is InChI=1S/C25H26F3N5O2/c1-34-22-9-8-20(33-23(25(26,27)28)29-30-31-33)14-21(22)19-15-24(35-16-19)11-5-12-32(17-24)13-10-18-6-3-2-4-7-18/h2-4,6-9,14-15H,5,10-13,16-17H2,1H3. The zero-order chi connectivity index (χ0) is 24.5. The molecule has 184 valence electrons. The number of likely N-dealkylation sites (tertiary alicyclic amines) is 1. The lowest BCUT2D eigenvalue weighted by Gasteiger charge is -2.38. The molecule has 1 atom stereocenters. The number of hydrogen-bond acceptors (Lipinski definition) is 6. The van der Waals surface area contributed by atoms with E-state index < -0.39 is 17.6 Å². The van der Waals surface area contributed by atoms with E-state index in [0.717, 1.165) is 44.5 Å². The van der Waals surface area contributed by atoms with E-state index in [0.29, 0.717) is 22.6 Å². The molecule has 3 aromatic rings. The summed E-state index contributed by atoms with van der Waals surface area (Å²) in [4.78, 5) is 2.42. The second-order valence-electron chi connectivity index (χ2n) is 8.93. The third kappa shape index (κ3) is 4.94. The van der Waals surface area contributed by atoms with Gasteiger partial charge in [0.25, 0.3) is 5.82 Å². The molecule has 0 aliphatic carbocycles.